The Morgan fingerprint density at radius 1 is 0.778 bits per heavy atom. The van der Waals surface area contributed by atoms with Gasteiger partial charge in [-0.3, -0.25) is 19.7 Å². The predicted molar refractivity (Wildman–Crippen MR) is 182 cm³/mol. The molecule has 1 aliphatic rings. The van der Waals surface area contributed by atoms with Gasteiger partial charge in [-0.25, -0.2) is 0 Å². The highest BCUT2D eigenvalue weighted by molar-refractivity contribution is 8.15. The number of benzene rings is 4. The maximum Gasteiger partial charge on any atom is 0.286 e. The van der Waals surface area contributed by atoms with E-state index in [9.17, 15) is 14.4 Å². The molecule has 1 heterocycles. The molecule has 6 nitrogen and oxygen atoms in total. The number of amides is 3. The van der Waals surface area contributed by atoms with Gasteiger partial charge in [-0.05, 0) is 70.0 Å². The van der Waals surface area contributed by atoms with E-state index in [1.165, 1.54) is 19.3 Å². The van der Waals surface area contributed by atoms with Crippen molar-refractivity contribution in [3.05, 3.63) is 114 Å². The van der Waals surface area contributed by atoms with Crippen LogP contribution in [0.2, 0.25) is 0 Å². The highest BCUT2D eigenvalue weighted by Gasteiger charge is 2.31. The molecule has 0 bridgehead atoms. The Labute approximate surface area is 270 Å². The van der Waals surface area contributed by atoms with Crippen molar-refractivity contribution >= 4 is 28.8 Å². The number of unbranched alkanes of at least 4 members (excludes halogenated alkanes) is 3. The number of rotatable bonds is 14. The van der Waals surface area contributed by atoms with Crippen LogP contribution in [0, 0.1) is 0 Å². The summed E-state index contributed by atoms with van der Waals surface area (Å²) in [6, 6.07) is 32.7. The van der Waals surface area contributed by atoms with E-state index in [2.05, 4.69) is 48.6 Å². The molecule has 1 fully saturated rings. The van der Waals surface area contributed by atoms with Gasteiger partial charge in [-0.2, -0.15) is 0 Å². The normalized spacial score (nSPS) is 14.3. The molecule has 0 aliphatic carbocycles. The van der Waals surface area contributed by atoms with Gasteiger partial charge in [0.25, 0.3) is 5.24 Å². The van der Waals surface area contributed by atoms with Crippen LogP contribution in [-0.2, 0) is 29.0 Å². The van der Waals surface area contributed by atoms with Crippen molar-refractivity contribution in [2.24, 2.45) is 0 Å². The molecule has 0 aromatic heterocycles. The van der Waals surface area contributed by atoms with Crippen LogP contribution < -0.4 is 10.1 Å². The molecular formula is C38H40N2O4S. The minimum Gasteiger partial charge on any atom is -0.494 e. The molecule has 1 unspecified atom stereocenters. The van der Waals surface area contributed by atoms with Gasteiger partial charge in [0, 0.05) is 13.6 Å². The Kier molecular flexibility index (Phi) is 11.1. The van der Waals surface area contributed by atoms with Crippen LogP contribution in [0.15, 0.2) is 97.1 Å². The summed E-state index contributed by atoms with van der Waals surface area (Å²) in [6.07, 6.45) is 5.62. The number of carbonyl (C=O) groups excluding carboxylic acids is 3. The molecule has 3 amide bonds. The highest BCUT2D eigenvalue weighted by Crippen LogP contribution is 2.26. The van der Waals surface area contributed by atoms with Gasteiger partial charge in [0.05, 0.1) is 18.3 Å². The van der Waals surface area contributed by atoms with E-state index < -0.39 is 0 Å². The molecule has 1 aliphatic heterocycles. The maximum absolute atomic E-state index is 13.1. The zero-order valence-corrected chi connectivity index (χ0v) is 26.8. The van der Waals surface area contributed by atoms with Crippen LogP contribution in [0.4, 0.5) is 4.79 Å². The topological polar surface area (TPSA) is 75.7 Å². The van der Waals surface area contributed by atoms with Gasteiger partial charge in [-0.15, -0.1) is 0 Å². The van der Waals surface area contributed by atoms with Crippen LogP contribution in [0.25, 0.3) is 22.3 Å². The number of hydrogen-bond acceptors (Lipinski definition) is 5. The summed E-state index contributed by atoms with van der Waals surface area (Å²) in [5.41, 5.74) is 7.38. The third-order valence-corrected chi connectivity index (χ3v) is 8.99. The molecular weight excluding hydrogens is 580 g/mol. The SMILES string of the molecule is CCCCCCOc1ccc(-c2ccc(CC(=O)N(C)Cc3cccc(-c4ccc(CC5SC(=O)NC5=O)cc4)c3)cc2)cc1. The van der Waals surface area contributed by atoms with E-state index in [0.29, 0.717) is 19.4 Å². The van der Waals surface area contributed by atoms with Crippen LogP contribution in [0.1, 0.15) is 49.3 Å². The van der Waals surface area contributed by atoms with E-state index >= 15 is 0 Å². The first-order chi connectivity index (χ1) is 21.9. The summed E-state index contributed by atoms with van der Waals surface area (Å²) < 4.78 is 5.87. The molecule has 1 atom stereocenters. The number of hydrogen-bond donors (Lipinski definition) is 1. The lowest BCUT2D eigenvalue weighted by Gasteiger charge is -2.18. The molecule has 0 spiro atoms. The molecule has 1 saturated heterocycles. The van der Waals surface area contributed by atoms with Gasteiger partial charge in [-0.1, -0.05) is 117 Å². The average molecular weight is 621 g/mol. The molecule has 4 aromatic rings. The Hall–Kier alpha value is -4.36. The second-order valence-corrected chi connectivity index (χ2v) is 12.7. The number of ether oxygens (including phenoxy) is 1. The first-order valence-corrected chi connectivity index (χ1v) is 16.5. The number of nitrogens with one attached hydrogen (secondary N) is 1. The number of thioether (sulfide) groups is 1. The van der Waals surface area contributed by atoms with Gasteiger partial charge in [0.15, 0.2) is 0 Å². The second kappa shape index (κ2) is 15.6. The summed E-state index contributed by atoms with van der Waals surface area (Å²) in [5.74, 6) is 0.733. The van der Waals surface area contributed by atoms with Crippen LogP contribution in [0.5, 0.6) is 5.75 Å². The summed E-state index contributed by atoms with van der Waals surface area (Å²) in [5, 5.41) is 1.68. The van der Waals surface area contributed by atoms with Crippen molar-refractivity contribution in [1.82, 2.24) is 10.2 Å². The van der Waals surface area contributed by atoms with Crippen molar-refractivity contribution in [3.63, 3.8) is 0 Å². The summed E-state index contributed by atoms with van der Waals surface area (Å²) >= 11 is 1.05. The molecule has 1 N–H and O–H groups in total. The Bertz CT molecular complexity index is 1600. The van der Waals surface area contributed by atoms with Crippen molar-refractivity contribution in [1.29, 1.82) is 0 Å². The Balaban J connectivity index is 1.12. The minimum atomic E-state index is -0.375. The minimum absolute atomic E-state index is 0.0604. The summed E-state index contributed by atoms with van der Waals surface area (Å²) in [7, 11) is 1.84. The zero-order chi connectivity index (χ0) is 31.6. The van der Waals surface area contributed by atoms with Crippen molar-refractivity contribution < 1.29 is 19.1 Å². The number of nitrogens with zero attached hydrogens (tertiary/aromatic N) is 1. The van der Waals surface area contributed by atoms with Crippen LogP contribution in [0.3, 0.4) is 0 Å². The number of imide groups is 1. The van der Waals surface area contributed by atoms with Crippen LogP contribution in [-0.4, -0.2) is 40.9 Å². The molecule has 0 radical (unpaired) electrons. The Morgan fingerprint density at radius 2 is 1.42 bits per heavy atom. The van der Waals surface area contributed by atoms with Crippen molar-refractivity contribution in [2.45, 2.75) is 57.2 Å². The van der Waals surface area contributed by atoms with Gasteiger partial charge in [0.1, 0.15) is 5.75 Å². The highest BCUT2D eigenvalue weighted by atomic mass is 32.2. The average Bonchev–Trinajstić information content (AvgIpc) is 3.37. The summed E-state index contributed by atoms with van der Waals surface area (Å²) in [4.78, 5) is 38.2. The fourth-order valence-corrected chi connectivity index (χ4v) is 6.23. The largest absolute Gasteiger partial charge is 0.494 e. The lowest BCUT2D eigenvalue weighted by molar-refractivity contribution is -0.129. The lowest BCUT2D eigenvalue weighted by atomic mass is 10.00. The Morgan fingerprint density at radius 3 is 2.07 bits per heavy atom. The third kappa shape index (κ3) is 9.08. The standard InChI is InChI=1S/C38H40N2O4S/c1-3-4-5-6-22-44-34-20-18-31(19-21-34)30-14-12-28(13-15-30)25-36(41)40(2)26-29-8-7-9-33(23-29)32-16-10-27(11-17-32)24-35-37(42)39-38(43)45-35/h7-21,23,35H,3-6,22,24-26H2,1-2H3,(H,39,42,43). The first kappa shape index (κ1) is 32.0. The van der Waals surface area contributed by atoms with Gasteiger partial charge < -0.3 is 9.64 Å². The maximum atomic E-state index is 13.1. The van der Waals surface area contributed by atoms with E-state index in [1.54, 1.807) is 4.90 Å². The fourth-order valence-electron chi connectivity index (χ4n) is 5.37. The predicted octanol–water partition coefficient (Wildman–Crippen LogP) is 8.07. The third-order valence-electron chi connectivity index (χ3n) is 8.01. The second-order valence-electron chi connectivity index (χ2n) is 11.5. The number of carbonyl (C=O) groups is 3. The molecule has 5 rings (SSSR count). The van der Waals surface area contributed by atoms with Gasteiger partial charge >= 0.3 is 0 Å². The smallest absolute Gasteiger partial charge is 0.286 e. The van der Waals surface area contributed by atoms with E-state index in [4.69, 9.17) is 4.74 Å². The molecule has 7 heteroatoms. The van der Waals surface area contributed by atoms with E-state index in [1.807, 2.05) is 67.7 Å². The van der Waals surface area contributed by atoms with Crippen LogP contribution >= 0.6 is 11.8 Å². The molecule has 0 saturated carbocycles. The van der Waals surface area contributed by atoms with Crippen molar-refractivity contribution in [2.75, 3.05) is 13.7 Å². The summed E-state index contributed by atoms with van der Waals surface area (Å²) in [6.45, 7) is 3.48. The number of likely N-dealkylation sites (N-methyl/N-ethyl adjacent to an activating group) is 1. The van der Waals surface area contributed by atoms with E-state index in [0.717, 1.165) is 69.5 Å². The zero-order valence-electron chi connectivity index (χ0n) is 26.0. The molecule has 45 heavy (non-hydrogen) atoms. The van der Waals surface area contributed by atoms with E-state index in [-0.39, 0.29) is 22.3 Å². The van der Waals surface area contributed by atoms with Gasteiger partial charge in [0.2, 0.25) is 11.8 Å². The molecule has 4 aromatic carbocycles. The quantitative estimate of drug-likeness (QED) is 0.144. The van der Waals surface area contributed by atoms with Crippen molar-refractivity contribution in [3.8, 4) is 28.0 Å². The molecule has 232 valence electrons. The fraction of sp³-hybridized carbons (Fsp3) is 0.289. The monoisotopic (exact) mass is 620 g/mol. The first-order valence-electron chi connectivity index (χ1n) is 15.6. The lowest BCUT2D eigenvalue weighted by Crippen LogP contribution is -2.27.